The van der Waals surface area contributed by atoms with Gasteiger partial charge in [0.25, 0.3) is 0 Å². The van der Waals surface area contributed by atoms with Crippen LogP contribution in [0.4, 0.5) is 0 Å². The van der Waals surface area contributed by atoms with E-state index in [0.29, 0.717) is 0 Å². The van der Waals surface area contributed by atoms with E-state index >= 15 is 0 Å². The van der Waals surface area contributed by atoms with Gasteiger partial charge in [0.2, 0.25) is 5.91 Å². The van der Waals surface area contributed by atoms with Gasteiger partial charge in [-0.3, -0.25) is 4.79 Å². The van der Waals surface area contributed by atoms with Crippen LogP contribution in [0.1, 0.15) is 30.9 Å². The predicted molar refractivity (Wildman–Crippen MR) is 87.3 cm³/mol. The molecule has 0 aromatic heterocycles. The molecule has 2 rings (SSSR count). The number of amides is 1. The van der Waals surface area contributed by atoms with Crippen molar-refractivity contribution >= 4 is 15.7 Å². The Hall–Kier alpha value is -1.40. The highest BCUT2D eigenvalue weighted by Gasteiger charge is 2.21. The Labute approximate surface area is 132 Å². The van der Waals surface area contributed by atoms with Crippen LogP contribution in [0.2, 0.25) is 0 Å². The summed E-state index contributed by atoms with van der Waals surface area (Å²) in [5.74, 6) is 0.0405. The second-order valence-corrected chi connectivity index (χ2v) is 8.06. The van der Waals surface area contributed by atoms with E-state index in [1.807, 2.05) is 35.2 Å². The lowest BCUT2D eigenvalue weighted by Crippen LogP contribution is -2.42. The minimum absolute atomic E-state index is 0.00963. The minimum atomic E-state index is -3.13. The zero-order valence-corrected chi connectivity index (χ0v) is 13.8. The van der Waals surface area contributed by atoms with Crippen molar-refractivity contribution in [1.29, 1.82) is 0 Å². The lowest BCUT2D eigenvalue weighted by atomic mass is 10.1. The van der Waals surface area contributed by atoms with Crippen molar-refractivity contribution in [3.05, 3.63) is 35.9 Å². The van der Waals surface area contributed by atoms with Crippen molar-refractivity contribution in [2.45, 2.75) is 25.3 Å². The summed E-state index contributed by atoms with van der Waals surface area (Å²) in [5, 5.41) is 3.12. The second kappa shape index (κ2) is 7.74. The molecule has 5 nitrogen and oxygen atoms in total. The molecule has 0 aliphatic carbocycles. The molecule has 1 aromatic carbocycles. The molecule has 0 bridgehead atoms. The standard InChI is InChI=1S/C16H24N2O3S/c1-22(20,21)13-15(14-8-4-2-5-9-14)17-12-16(19)18-10-6-3-7-11-18/h2,4-5,8-9,15,17H,3,6-7,10-13H2,1H3. The van der Waals surface area contributed by atoms with Crippen LogP contribution in [0.25, 0.3) is 0 Å². The number of benzene rings is 1. The van der Waals surface area contributed by atoms with Crippen LogP contribution in [0.5, 0.6) is 0 Å². The van der Waals surface area contributed by atoms with E-state index in [9.17, 15) is 13.2 Å². The van der Waals surface area contributed by atoms with Gasteiger partial charge >= 0.3 is 0 Å². The molecule has 1 aliphatic rings. The molecule has 1 aliphatic heterocycles. The van der Waals surface area contributed by atoms with Crippen molar-refractivity contribution < 1.29 is 13.2 Å². The van der Waals surface area contributed by atoms with Crippen molar-refractivity contribution in [2.75, 3.05) is 31.6 Å². The maximum atomic E-state index is 12.2. The van der Waals surface area contributed by atoms with Crippen LogP contribution in [-0.4, -0.2) is 50.9 Å². The van der Waals surface area contributed by atoms with E-state index in [1.54, 1.807) is 0 Å². The molecular weight excluding hydrogens is 300 g/mol. The molecule has 1 N–H and O–H groups in total. The highest BCUT2D eigenvalue weighted by Crippen LogP contribution is 2.15. The summed E-state index contributed by atoms with van der Waals surface area (Å²) in [6.07, 6.45) is 4.50. The lowest BCUT2D eigenvalue weighted by Gasteiger charge is -2.28. The normalized spacial score (nSPS) is 17.2. The number of likely N-dealkylation sites (tertiary alicyclic amines) is 1. The van der Waals surface area contributed by atoms with E-state index in [4.69, 9.17) is 0 Å². The Kier molecular flexibility index (Phi) is 5.97. The lowest BCUT2D eigenvalue weighted by molar-refractivity contribution is -0.131. The summed E-state index contributed by atoms with van der Waals surface area (Å²) in [6, 6.07) is 9.05. The summed E-state index contributed by atoms with van der Waals surface area (Å²) in [5.41, 5.74) is 0.888. The van der Waals surface area contributed by atoms with Crippen LogP contribution in [-0.2, 0) is 14.6 Å². The van der Waals surface area contributed by atoms with Crippen LogP contribution in [0.3, 0.4) is 0 Å². The number of nitrogens with zero attached hydrogens (tertiary/aromatic N) is 1. The van der Waals surface area contributed by atoms with Gasteiger partial charge in [-0.1, -0.05) is 30.3 Å². The molecule has 0 saturated carbocycles. The molecular formula is C16H24N2O3S. The van der Waals surface area contributed by atoms with Gasteiger partial charge in [-0.2, -0.15) is 0 Å². The Bertz CT molecular complexity index is 581. The highest BCUT2D eigenvalue weighted by molar-refractivity contribution is 7.90. The SMILES string of the molecule is CS(=O)(=O)CC(NCC(=O)N1CCCCC1)c1ccccc1. The average Bonchev–Trinajstić information content (AvgIpc) is 2.52. The monoisotopic (exact) mass is 324 g/mol. The number of rotatable bonds is 6. The molecule has 6 heteroatoms. The molecule has 1 unspecified atom stereocenters. The van der Waals surface area contributed by atoms with Crippen LogP contribution in [0.15, 0.2) is 30.3 Å². The van der Waals surface area contributed by atoms with E-state index in [1.165, 1.54) is 12.7 Å². The molecule has 122 valence electrons. The van der Waals surface area contributed by atoms with Crippen LogP contribution < -0.4 is 5.32 Å². The molecule has 1 fully saturated rings. The third kappa shape index (κ3) is 5.42. The number of carbonyl (C=O) groups is 1. The highest BCUT2D eigenvalue weighted by atomic mass is 32.2. The van der Waals surface area contributed by atoms with Gasteiger partial charge in [-0.25, -0.2) is 8.42 Å². The summed E-state index contributed by atoms with van der Waals surface area (Å²) >= 11 is 0. The first kappa shape index (κ1) is 17.0. The van der Waals surface area contributed by atoms with E-state index < -0.39 is 9.84 Å². The first-order valence-electron chi connectivity index (χ1n) is 7.69. The fourth-order valence-corrected chi connectivity index (χ4v) is 3.64. The second-order valence-electron chi connectivity index (χ2n) is 5.88. The largest absolute Gasteiger partial charge is 0.342 e. The number of carbonyl (C=O) groups excluding carboxylic acids is 1. The summed E-state index contributed by atoms with van der Waals surface area (Å²) in [4.78, 5) is 14.1. The predicted octanol–water partition coefficient (Wildman–Crippen LogP) is 1.37. The summed E-state index contributed by atoms with van der Waals surface area (Å²) in [7, 11) is -3.13. The molecule has 22 heavy (non-hydrogen) atoms. The average molecular weight is 324 g/mol. The Morgan fingerprint density at radius 2 is 1.82 bits per heavy atom. The first-order chi connectivity index (χ1) is 10.5. The Balaban J connectivity index is 1.99. The van der Waals surface area contributed by atoms with Crippen molar-refractivity contribution in [2.24, 2.45) is 0 Å². The van der Waals surface area contributed by atoms with Gasteiger partial charge < -0.3 is 10.2 Å². The number of hydrogen-bond donors (Lipinski definition) is 1. The molecule has 1 aromatic rings. The number of sulfone groups is 1. The maximum Gasteiger partial charge on any atom is 0.236 e. The van der Waals surface area contributed by atoms with Gasteiger partial charge in [0, 0.05) is 25.4 Å². The van der Waals surface area contributed by atoms with Gasteiger partial charge in [-0.15, -0.1) is 0 Å². The summed E-state index contributed by atoms with van der Waals surface area (Å²) in [6.45, 7) is 1.79. The number of nitrogens with one attached hydrogen (secondary N) is 1. The third-order valence-electron chi connectivity index (χ3n) is 3.88. The van der Waals surface area contributed by atoms with Crippen molar-refractivity contribution in [1.82, 2.24) is 10.2 Å². The Morgan fingerprint density at radius 3 is 2.41 bits per heavy atom. The quantitative estimate of drug-likeness (QED) is 0.858. The van der Waals surface area contributed by atoms with E-state index in [0.717, 1.165) is 31.5 Å². The fourth-order valence-electron chi connectivity index (χ4n) is 2.73. The Morgan fingerprint density at radius 1 is 1.18 bits per heavy atom. The number of piperidine rings is 1. The minimum Gasteiger partial charge on any atom is -0.342 e. The van der Waals surface area contributed by atoms with Gasteiger partial charge in [0.05, 0.1) is 12.3 Å². The van der Waals surface area contributed by atoms with Gasteiger partial charge in [0.15, 0.2) is 0 Å². The van der Waals surface area contributed by atoms with Crippen molar-refractivity contribution in [3.8, 4) is 0 Å². The molecule has 0 spiro atoms. The smallest absolute Gasteiger partial charge is 0.236 e. The van der Waals surface area contributed by atoms with Gasteiger partial charge in [-0.05, 0) is 24.8 Å². The molecule has 1 saturated heterocycles. The molecule has 0 radical (unpaired) electrons. The number of hydrogen-bond acceptors (Lipinski definition) is 4. The zero-order valence-electron chi connectivity index (χ0n) is 13.0. The van der Waals surface area contributed by atoms with Crippen molar-refractivity contribution in [3.63, 3.8) is 0 Å². The van der Waals surface area contributed by atoms with Crippen LogP contribution in [0, 0.1) is 0 Å². The zero-order chi connectivity index (χ0) is 16.0. The molecule has 1 heterocycles. The van der Waals surface area contributed by atoms with E-state index in [2.05, 4.69) is 5.32 Å². The topological polar surface area (TPSA) is 66.5 Å². The molecule has 1 amide bonds. The first-order valence-corrected chi connectivity index (χ1v) is 9.75. The summed E-state index contributed by atoms with van der Waals surface area (Å²) < 4.78 is 23.3. The third-order valence-corrected chi connectivity index (χ3v) is 4.82. The van der Waals surface area contributed by atoms with E-state index in [-0.39, 0.29) is 24.2 Å². The molecule has 1 atom stereocenters. The fraction of sp³-hybridized carbons (Fsp3) is 0.562. The van der Waals surface area contributed by atoms with Crippen LogP contribution >= 0.6 is 0 Å². The maximum absolute atomic E-state index is 12.2. The van der Waals surface area contributed by atoms with Gasteiger partial charge in [0.1, 0.15) is 9.84 Å².